The molecule has 25 heavy (non-hydrogen) atoms. The Balaban J connectivity index is 1.70. The molecule has 0 unspecified atom stereocenters. The number of imide groups is 1. The second-order valence-corrected chi connectivity index (χ2v) is 6.26. The van der Waals surface area contributed by atoms with Gasteiger partial charge in [0.1, 0.15) is 5.75 Å². The molecule has 3 amide bonds. The Morgan fingerprint density at radius 2 is 1.92 bits per heavy atom. The molecule has 0 saturated carbocycles. The van der Waals surface area contributed by atoms with Gasteiger partial charge >= 0.3 is 0 Å². The van der Waals surface area contributed by atoms with E-state index in [1.54, 1.807) is 24.3 Å². The van der Waals surface area contributed by atoms with Crippen LogP contribution in [0, 0.1) is 0 Å². The van der Waals surface area contributed by atoms with E-state index in [2.05, 4.69) is 10.6 Å². The van der Waals surface area contributed by atoms with E-state index in [1.165, 1.54) is 4.90 Å². The van der Waals surface area contributed by atoms with Crippen molar-refractivity contribution in [3.05, 3.63) is 24.3 Å². The van der Waals surface area contributed by atoms with Gasteiger partial charge in [0.05, 0.1) is 30.8 Å². The molecule has 7 heteroatoms. The minimum atomic E-state index is -0.659. The van der Waals surface area contributed by atoms with Crippen molar-refractivity contribution in [2.45, 2.75) is 44.7 Å². The van der Waals surface area contributed by atoms with Gasteiger partial charge in [-0.15, -0.1) is 0 Å². The quantitative estimate of drug-likeness (QED) is 0.777. The summed E-state index contributed by atoms with van der Waals surface area (Å²) in [6, 6.07) is 5.78. The van der Waals surface area contributed by atoms with Crippen molar-refractivity contribution >= 4 is 23.4 Å². The molecule has 2 saturated heterocycles. The van der Waals surface area contributed by atoms with Crippen LogP contribution in [-0.2, 0) is 14.4 Å². The molecule has 2 aliphatic heterocycles. The van der Waals surface area contributed by atoms with Gasteiger partial charge in [0.2, 0.25) is 11.8 Å². The predicted octanol–water partition coefficient (Wildman–Crippen LogP) is 0.976. The predicted molar refractivity (Wildman–Crippen MR) is 92.3 cm³/mol. The molecular formula is C18H23N3O4. The highest BCUT2D eigenvalue weighted by Crippen LogP contribution is 2.25. The van der Waals surface area contributed by atoms with Gasteiger partial charge in [0.15, 0.2) is 0 Å². The number of rotatable bonds is 5. The molecule has 2 N–H and O–H groups in total. The van der Waals surface area contributed by atoms with Crippen LogP contribution in [0.25, 0.3) is 0 Å². The number of anilines is 1. The highest BCUT2D eigenvalue weighted by Gasteiger charge is 2.41. The first-order valence-corrected chi connectivity index (χ1v) is 8.73. The Hall–Kier alpha value is -2.41. The zero-order valence-corrected chi connectivity index (χ0v) is 14.3. The molecule has 0 aliphatic carbocycles. The van der Waals surface area contributed by atoms with Crippen molar-refractivity contribution in [3.63, 3.8) is 0 Å². The highest BCUT2D eigenvalue weighted by atomic mass is 16.5. The van der Waals surface area contributed by atoms with Gasteiger partial charge in [0.25, 0.3) is 5.91 Å². The summed E-state index contributed by atoms with van der Waals surface area (Å²) < 4.78 is 5.38. The van der Waals surface area contributed by atoms with Gasteiger partial charge in [0, 0.05) is 6.54 Å². The number of hydrogen-bond acceptors (Lipinski definition) is 5. The average Bonchev–Trinajstić information content (AvgIpc) is 2.74. The van der Waals surface area contributed by atoms with Crippen molar-refractivity contribution in [3.8, 4) is 5.75 Å². The summed E-state index contributed by atoms with van der Waals surface area (Å²) in [6.45, 7) is 3.10. The lowest BCUT2D eigenvalue weighted by Crippen LogP contribution is -2.50. The number of nitrogens with zero attached hydrogens (tertiary/aromatic N) is 1. The Bertz CT molecular complexity index is 659. The lowest BCUT2D eigenvalue weighted by atomic mass is 10.1. The first-order valence-electron chi connectivity index (χ1n) is 8.73. The fourth-order valence-electron chi connectivity index (χ4n) is 3.23. The van der Waals surface area contributed by atoms with Crippen molar-refractivity contribution < 1.29 is 19.1 Å². The number of carbonyl (C=O) groups is 3. The van der Waals surface area contributed by atoms with Crippen LogP contribution in [0.3, 0.4) is 0 Å². The van der Waals surface area contributed by atoms with Crippen molar-refractivity contribution in [1.29, 1.82) is 0 Å². The maximum absolute atomic E-state index is 12.7. The van der Waals surface area contributed by atoms with Crippen LogP contribution in [0.5, 0.6) is 5.75 Å². The molecule has 2 heterocycles. The molecule has 1 aromatic rings. The van der Waals surface area contributed by atoms with Gasteiger partial charge in [-0.05, 0) is 50.5 Å². The van der Waals surface area contributed by atoms with E-state index in [0.717, 1.165) is 12.8 Å². The minimum absolute atomic E-state index is 0.0653. The van der Waals surface area contributed by atoms with Gasteiger partial charge in [-0.1, -0.05) is 0 Å². The van der Waals surface area contributed by atoms with Crippen LogP contribution in [0.1, 0.15) is 32.6 Å². The molecule has 0 radical (unpaired) electrons. The lowest BCUT2D eigenvalue weighted by Gasteiger charge is -2.20. The summed E-state index contributed by atoms with van der Waals surface area (Å²) in [5.74, 6) is 0.0132. The molecule has 2 aliphatic rings. The van der Waals surface area contributed by atoms with E-state index in [9.17, 15) is 14.4 Å². The molecule has 2 fully saturated rings. The Labute approximate surface area is 146 Å². The average molecular weight is 345 g/mol. The van der Waals surface area contributed by atoms with Gasteiger partial charge in [-0.3, -0.25) is 19.7 Å². The van der Waals surface area contributed by atoms with Crippen LogP contribution in [-0.4, -0.2) is 43.0 Å². The van der Waals surface area contributed by atoms with E-state index in [1.807, 2.05) is 6.92 Å². The molecule has 3 rings (SSSR count). The van der Waals surface area contributed by atoms with Crippen LogP contribution in [0.4, 0.5) is 5.69 Å². The SMILES string of the molecule is CCOc1ccc(N2C(=O)C[C@H](N[C@@H]3CCCCNC3=O)C2=O)cc1. The number of ether oxygens (including phenoxy) is 1. The normalized spacial score (nSPS) is 24.2. The van der Waals surface area contributed by atoms with Gasteiger partial charge < -0.3 is 10.1 Å². The number of nitrogens with one attached hydrogen (secondary N) is 2. The fourth-order valence-corrected chi connectivity index (χ4v) is 3.23. The fraction of sp³-hybridized carbons (Fsp3) is 0.500. The first kappa shape index (κ1) is 17.4. The third-order valence-electron chi connectivity index (χ3n) is 4.49. The third kappa shape index (κ3) is 3.82. The zero-order valence-electron chi connectivity index (χ0n) is 14.3. The summed E-state index contributed by atoms with van der Waals surface area (Å²) >= 11 is 0. The molecule has 1 aromatic carbocycles. The molecule has 7 nitrogen and oxygen atoms in total. The van der Waals surface area contributed by atoms with Crippen LogP contribution >= 0.6 is 0 Å². The van der Waals surface area contributed by atoms with E-state index < -0.39 is 12.1 Å². The Morgan fingerprint density at radius 1 is 1.16 bits per heavy atom. The van der Waals surface area contributed by atoms with Gasteiger partial charge in [-0.25, -0.2) is 4.90 Å². The molecule has 2 atom stereocenters. The van der Waals surface area contributed by atoms with E-state index in [0.29, 0.717) is 31.0 Å². The summed E-state index contributed by atoms with van der Waals surface area (Å²) in [4.78, 5) is 38.2. The summed E-state index contributed by atoms with van der Waals surface area (Å²) in [5, 5.41) is 5.90. The van der Waals surface area contributed by atoms with Crippen LogP contribution < -0.4 is 20.3 Å². The standard InChI is InChI=1S/C18H23N3O4/c1-2-25-13-8-6-12(7-9-13)21-16(22)11-15(18(21)24)20-14-5-3-4-10-19-17(14)23/h6-9,14-15,20H,2-5,10-11H2,1H3,(H,19,23)/t14-,15+/m1/s1. The molecular weight excluding hydrogens is 322 g/mol. The second kappa shape index (κ2) is 7.65. The van der Waals surface area contributed by atoms with Crippen LogP contribution in [0.15, 0.2) is 24.3 Å². The van der Waals surface area contributed by atoms with E-state index in [-0.39, 0.29) is 24.1 Å². The topological polar surface area (TPSA) is 87.7 Å². The molecule has 134 valence electrons. The zero-order chi connectivity index (χ0) is 17.8. The highest BCUT2D eigenvalue weighted by molar-refractivity contribution is 6.22. The number of carbonyl (C=O) groups excluding carboxylic acids is 3. The maximum Gasteiger partial charge on any atom is 0.251 e. The van der Waals surface area contributed by atoms with Crippen molar-refractivity contribution in [2.24, 2.45) is 0 Å². The third-order valence-corrected chi connectivity index (χ3v) is 4.49. The monoisotopic (exact) mass is 345 g/mol. The maximum atomic E-state index is 12.7. The van der Waals surface area contributed by atoms with Crippen LogP contribution in [0.2, 0.25) is 0 Å². The minimum Gasteiger partial charge on any atom is -0.494 e. The molecule has 0 aromatic heterocycles. The Morgan fingerprint density at radius 3 is 2.64 bits per heavy atom. The second-order valence-electron chi connectivity index (χ2n) is 6.26. The summed E-state index contributed by atoms with van der Waals surface area (Å²) in [6.07, 6.45) is 2.58. The molecule has 0 bridgehead atoms. The summed E-state index contributed by atoms with van der Waals surface area (Å²) in [7, 11) is 0. The molecule has 0 spiro atoms. The number of hydrogen-bond donors (Lipinski definition) is 2. The summed E-state index contributed by atoms with van der Waals surface area (Å²) in [5.41, 5.74) is 0.521. The van der Waals surface area contributed by atoms with Crippen molar-refractivity contribution in [2.75, 3.05) is 18.1 Å². The van der Waals surface area contributed by atoms with E-state index >= 15 is 0 Å². The lowest BCUT2D eigenvalue weighted by molar-refractivity contribution is -0.123. The smallest absolute Gasteiger partial charge is 0.251 e. The van der Waals surface area contributed by atoms with Crippen molar-refractivity contribution in [1.82, 2.24) is 10.6 Å². The number of benzene rings is 1. The van der Waals surface area contributed by atoms with E-state index in [4.69, 9.17) is 4.74 Å². The van der Waals surface area contributed by atoms with Gasteiger partial charge in [-0.2, -0.15) is 0 Å². The Kier molecular flexibility index (Phi) is 5.33. The first-order chi connectivity index (χ1) is 12.1. The largest absolute Gasteiger partial charge is 0.494 e. The number of amides is 3.